The van der Waals surface area contributed by atoms with Gasteiger partial charge in [-0.2, -0.15) is 0 Å². The third-order valence-corrected chi connectivity index (χ3v) is 5.71. The summed E-state index contributed by atoms with van der Waals surface area (Å²) in [4.78, 5) is 31.5. The Morgan fingerprint density at radius 1 is 1.00 bits per heavy atom. The van der Waals surface area contributed by atoms with Crippen LogP contribution in [0, 0.1) is 5.92 Å². The van der Waals surface area contributed by atoms with Crippen molar-refractivity contribution in [1.29, 1.82) is 0 Å². The van der Waals surface area contributed by atoms with Crippen LogP contribution in [0.4, 0.5) is 4.79 Å². The van der Waals surface area contributed by atoms with E-state index in [2.05, 4.69) is 4.90 Å². The van der Waals surface area contributed by atoms with Gasteiger partial charge in [0.2, 0.25) is 5.91 Å². The molecule has 3 heterocycles. The number of carbonyl (C=O) groups is 2. The summed E-state index contributed by atoms with van der Waals surface area (Å²) < 4.78 is 10.9. The number of ether oxygens (including phenoxy) is 2. The van der Waals surface area contributed by atoms with Gasteiger partial charge in [0.1, 0.15) is 11.6 Å². The number of amides is 2. The number of morpholine rings is 1. The molecular formula is C20H35N3O4. The first-order valence-electron chi connectivity index (χ1n) is 10.4. The molecule has 3 fully saturated rings. The highest BCUT2D eigenvalue weighted by Gasteiger charge is 2.39. The van der Waals surface area contributed by atoms with Crippen LogP contribution in [-0.4, -0.2) is 90.8 Å². The molecule has 3 aliphatic heterocycles. The quantitative estimate of drug-likeness (QED) is 0.748. The number of likely N-dealkylation sites (tertiary alicyclic amines) is 2. The highest BCUT2D eigenvalue weighted by Crippen LogP contribution is 2.25. The molecule has 2 amide bonds. The predicted octanol–water partition coefficient (Wildman–Crippen LogP) is 1.96. The third-order valence-electron chi connectivity index (χ3n) is 5.71. The molecule has 154 valence electrons. The number of nitrogens with zero attached hydrogens (tertiary/aromatic N) is 3. The van der Waals surface area contributed by atoms with Crippen molar-refractivity contribution in [3.63, 3.8) is 0 Å². The van der Waals surface area contributed by atoms with Gasteiger partial charge in [0, 0.05) is 39.3 Å². The minimum absolute atomic E-state index is 0.100. The average molecular weight is 382 g/mol. The Morgan fingerprint density at radius 3 is 2.30 bits per heavy atom. The van der Waals surface area contributed by atoms with E-state index in [1.54, 1.807) is 4.90 Å². The van der Waals surface area contributed by atoms with E-state index in [0.717, 1.165) is 71.6 Å². The van der Waals surface area contributed by atoms with Crippen molar-refractivity contribution in [2.45, 2.75) is 58.1 Å². The SMILES string of the molecule is CC(C)(C)OC(=O)N1CCCC1C(=O)N1CCC(CN2CCOCC2)CC1. The lowest BCUT2D eigenvalue weighted by atomic mass is 9.95. The molecule has 0 N–H and O–H groups in total. The third kappa shape index (κ3) is 5.57. The normalized spacial score (nSPS) is 25.7. The number of hydrogen-bond donors (Lipinski definition) is 0. The van der Waals surface area contributed by atoms with Gasteiger partial charge in [0.15, 0.2) is 0 Å². The van der Waals surface area contributed by atoms with Crippen LogP contribution in [0.15, 0.2) is 0 Å². The van der Waals surface area contributed by atoms with Crippen LogP contribution in [0.5, 0.6) is 0 Å². The first kappa shape index (κ1) is 20.4. The maximum Gasteiger partial charge on any atom is 0.410 e. The van der Waals surface area contributed by atoms with Crippen LogP contribution in [0.2, 0.25) is 0 Å². The molecule has 3 saturated heterocycles. The lowest BCUT2D eigenvalue weighted by Gasteiger charge is -2.38. The average Bonchev–Trinajstić information content (AvgIpc) is 3.11. The Kier molecular flexibility index (Phi) is 6.63. The predicted molar refractivity (Wildman–Crippen MR) is 103 cm³/mol. The van der Waals surface area contributed by atoms with Crippen LogP contribution in [-0.2, 0) is 14.3 Å². The second kappa shape index (κ2) is 8.78. The molecule has 27 heavy (non-hydrogen) atoms. The lowest BCUT2D eigenvalue weighted by Crippen LogP contribution is -2.51. The molecule has 0 radical (unpaired) electrons. The summed E-state index contributed by atoms with van der Waals surface area (Å²) in [5.41, 5.74) is -0.537. The maximum atomic E-state index is 13.0. The number of rotatable bonds is 3. The van der Waals surface area contributed by atoms with E-state index < -0.39 is 5.60 Å². The van der Waals surface area contributed by atoms with Crippen molar-refractivity contribution in [1.82, 2.24) is 14.7 Å². The van der Waals surface area contributed by atoms with Crippen molar-refractivity contribution in [2.75, 3.05) is 52.5 Å². The van der Waals surface area contributed by atoms with Crippen molar-refractivity contribution in [3.8, 4) is 0 Å². The van der Waals surface area contributed by atoms with E-state index in [1.165, 1.54) is 0 Å². The molecule has 0 saturated carbocycles. The lowest BCUT2D eigenvalue weighted by molar-refractivity contribution is -0.137. The molecule has 7 heteroatoms. The summed E-state index contributed by atoms with van der Waals surface area (Å²) in [6, 6.07) is -0.351. The van der Waals surface area contributed by atoms with Gasteiger partial charge in [-0.25, -0.2) is 4.79 Å². The summed E-state index contributed by atoms with van der Waals surface area (Å²) in [6.07, 6.45) is 3.33. The Morgan fingerprint density at radius 2 is 1.67 bits per heavy atom. The zero-order chi connectivity index (χ0) is 19.4. The van der Waals surface area contributed by atoms with Crippen molar-refractivity contribution >= 4 is 12.0 Å². The zero-order valence-electron chi connectivity index (χ0n) is 17.1. The van der Waals surface area contributed by atoms with E-state index in [1.807, 2.05) is 25.7 Å². The molecule has 1 unspecified atom stereocenters. The van der Waals surface area contributed by atoms with Gasteiger partial charge in [-0.3, -0.25) is 14.6 Å². The van der Waals surface area contributed by atoms with Crippen molar-refractivity contribution in [3.05, 3.63) is 0 Å². The van der Waals surface area contributed by atoms with E-state index in [-0.39, 0.29) is 18.0 Å². The van der Waals surface area contributed by atoms with Crippen LogP contribution >= 0.6 is 0 Å². The van der Waals surface area contributed by atoms with Crippen LogP contribution in [0.25, 0.3) is 0 Å². The number of carbonyl (C=O) groups excluding carboxylic acids is 2. The van der Waals surface area contributed by atoms with Gasteiger partial charge < -0.3 is 14.4 Å². The van der Waals surface area contributed by atoms with E-state index in [0.29, 0.717) is 12.5 Å². The van der Waals surface area contributed by atoms with E-state index in [9.17, 15) is 9.59 Å². The van der Waals surface area contributed by atoms with E-state index in [4.69, 9.17) is 9.47 Å². The van der Waals surface area contributed by atoms with Crippen molar-refractivity contribution < 1.29 is 19.1 Å². The monoisotopic (exact) mass is 381 g/mol. The molecule has 0 spiro atoms. The van der Waals surface area contributed by atoms with Gasteiger partial charge in [-0.05, 0) is 52.4 Å². The highest BCUT2D eigenvalue weighted by molar-refractivity contribution is 5.86. The minimum Gasteiger partial charge on any atom is -0.444 e. The molecule has 0 aromatic rings. The topological polar surface area (TPSA) is 62.3 Å². The van der Waals surface area contributed by atoms with Crippen molar-refractivity contribution in [2.24, 2.45) is 5.92 Å². The summed E-state index contributed by atoms with van der Waals surface area (Å²) in [5, 5.41) is 0. The Balaban J connectivity index is 1.48. The molecule has 1 atom stereocenters. The highest BCUT2D eigenvalue weighted by atomic mass is 16.6. The molecule has 0 aromatic carbocycles. The summed E-state index contributed by atoms with van der Waals surface area (Å²) >= 11 is 0. The van der Waals surface area contributed by atoms with Crippen LogP contribution in [0.3, 0.4) is 0 Å². The van der Waals surface area contributed by atoms with Gasteiger partial charge in [-0.1, -0.05) is 0 Å². The Bertz CT molecular complexity index is 520. The van der Waals surface area contributed by atoms with Gasteiger partial charge >= 0.3 is 6.09 Å². The largest absolute Gasteiger partial charge is 0.444 e. The fourth-order valence-corrected chi connectivity index (χ4v) is 4.26. The summed E-state index contributed by atoms with van der Waals surface area (Å²) in [7, 11) is 0. The van der Waals surface area contributed by atoms with Crippen LogP contribution in [0.1, 0.15) is 46.5 Å². The Hall–Kier alpha value is -1.34. The molecule has 7 nitrogen and oxygen atoms in total. The Labute approximate surface area is 162 Å². The molecule has 3 aliphatic rings. The molecule has 0 aliphatic carbocycles. The minimum atomic E-state index is -0.537. The fourth-order valence-electron chi connectivity index (χ4n) is 4.26. The van der Waals surface area contributed by atoms with E-state index >= 15 is 0 Å². The smallest absolute Gasteiger partial charge is 0.410 e. The number of piperidine rings is 1. The molecular weight excluding hydrogens is 346 g/mol. The summed E-state index contributed by atoms with van der Waals surface area (Å²) in [6.45, 7) is 12.6. The van der Waals surface area contributed by atoms with Gasteiger partial charge in [0.25, 0.3) is 0 Å². The standard InChI is InChI=1S/C20H35N3O4/c1-20(2,3)27-19(25)23-8-4-5-17(23)18(24)22-9-6-16(7-10-22)15-21-11-13-26-14-12-21/h16-17H,4-15H2,1-3H3. The number of hydrogen-bond acceptors (Lipinski definition) is 5. The molecule has 3 rings (SSSR count). The first-order chi connectivity index (χ1) is 12.8. The fraction of sp³-hybridized carbons (Fsp3) is 0.900. The van der Waals surface area contributed by atoms with Crippen LogP contribution < -0.4 is 0 Å². The molecule has 0 bridgehead atoms. The maximum absolute atomic E-state index is 13.0. The van der Waals surface area contributed by atoms with Gasteiger partial charge in [-0.15, -0.1) is 0 Å². The second-order valence-electron chi connectivity index (χ2n) is 9.01. The zero-order valence-corrected chi connectivity index (χ0v) is 17.1. The summed E-state index contributed by atoms with van der Waals surface area (Å²) in [5.74, 6) is 0.751. The molecule has 0 aromatic heterocycles. The second-order valence-corrected chi connectivity index (χ2v) is 9.01. The first-order valence-corrected chi connectivity index (χ1v) is 10.4. The van der Waals surface area contributed by atoms with Gasteiger partial charge in [0.05, 0.1) is 13.2 Å².